The second-order valence-electron chi connectivity index (χ2n) is 4.33. The molecule has 108 valence electrons. The monoisotopic (exact) mass is 304 g/mol. The fourth-order valence-electron chi connectivity index (χ4n) is 1.85. The quantitative estimate of drug-likeness (QED) is 0.875. The molecule has 0 saturated carbocycles. The average molecular weight is 305 g/mol. The Morgan fingerprint density at radius 3 is 2.90 bits per heavy atom. The lowest BCUT2D eigenvalue weighted by molar-refractivity contribution is 0.0599. The largest absolute Gasteiger partial charge is 0.465 e. The Kier molecular flexibility index (Phi) is 4.51. The molecule has 0 amide bonds. The van der Waals surface area contributed by atoms with Gasteiger partial charge in [0.25, 0.3) is 0 Å². The van der Waals surface area contributed by atoms with E-state index in [2.05, 4.69) is 10.1 Å². The van der Waals surface area contributed by atoms with Crippen LogP contribution in [0, 0.1) is 18.3 Å². The number of methoxy groups -OCH3 is 1. The molecule has 1 heterocycles. The van der Waals surface area contributed by atoms with Gasteiger partial charge in [0.15, 0.2) is 0 Å². The number of benzene rings is 1. The highest BCUT2D eigenvalue weighted by Crippen LogP contribution is 2.21. The molecule has 0 aliphatic heterocycles. The van der Waals surface area contributed by atoms with Gasteiger partial charge in [-0.1, -0.05) is 11.6 Å². The molecule has 5 nitrogen and oxygen atoms in total. The first kappa shape index (κ1) is 14.9. The van der Waals surface area contributed by atoms with Gasteiger partial charge in [-0.3, -0.25) is 0 Å². The Morgan fingerprint density at radius 2 is 2.24 bits per heavy atom. The van der Waals surface area contributed by atoms with Crippen LogP contribution in [0.1, 0.15) is 27.4 Å². The summed E-state index contributed by atoms with van der Waals surface area (Å²) in [4.78, 5) is 11.5. The summed E-state index contributed by atoms with van der Waals surface area (Å²) < 4.78 is 10.2. The second-order valence-corrected chi connectivity index (χ2v) is 4.74. The molecule has 0 aliphatic carbocycles. The van der Waals surface area contributed by atoms with E-state index >= 15 is 0 Å². The van der Waals surface area contributed by atoms with Crippen LogP contribution in [0.2, 0.25) is 5.02 Å². The lowest BCUT2D eigenvalue weighted by Crippen LogP contribution is -2.01. The van der Waals surface area contributed by atoms with Gasteiger partial charge in [-0.2, -0.15) is 5.26 Å². The first-order valence-corrected chi connectivity index (χ1v) is 6.54. The van der Waals surface area contributed by atoms with Crippen LogP contribution < -0.4 is 5.32 Å². The minimum Gasteiger partial charge on any atom is -0.465 e. The Morgan fingerprint density at radius 1 is 1.48 bits per heavy atom. The van der Waals surface area contributed by atoms with Crippen LogP contribution in [0.25, 0.3) is 0 Å². The second kappa shape index (κ2) is 6.33. The number of esters is 1. The van der Waals surface area contributed by atoms with Gasteiger partial charge in [-0.15, -0.1) is 0 Å². The number of nitrogens with zero attached hydrogens (tertiary/aromatic N) is 1. The van der Waals surface area contributed by atoms with Crippen LogP contribution in [0.5, 0.6) is 0 Å². The molecule has 0 unspecified atom stereocenters. The smallest absolute Gasteiger partial charge is 0.341 e. The number of carbonyl (C=O) groups is 1. The van der Waals surface area contributed by atoms with Crippen LogP contribution in [0.4, 0.5) is 5.69 Å². The lowest BCUT2D eigenvalue weighted by atomic mass is 10.2. The predicted molar refractivity (Wildman–Crippen MR) is 78.3 cm³/mol. The van der Waals surface area contributed by atoms with E-state index in [1.807, 2.05) is 6.07 Å². The molecule has 0 aliphatic rings. The number of aryl methyl sites for hydroxylation is 1. The van der Waals surface area contributed by atoms with E-state index < -0.39 is 5.97 Å². The summed E-state index contributed by atoms with van der Waals surface area (Å²) in [5.74, 6) is 0.676. The number of hydrogen-bond acceptors (Lipinski definition) is 5. The highest BCUT2D eigenvalue weighted by molar-refractivity contribution is 6.31. The summed E-state index contributed by atoms with van der Waals surface area (Å²) in [5.41, 5.74) is 1.54. The van der Waals surface area contributed by atoms with E-state index in [1.165, 1.54) is 7.11 Å². The first-order chi connectivity index (χ1) is 10.0. The van der Waals surface area contributed by atoms with Gasteiger partial charge in [-0.05, 0) is 31.2 Å². The van der Waals surface area contributed by atoms with E-state index in [0.717, 1.165) is 5.69 Å². The number of nitriles is 1. The third kappa shape index (κ3) is 3.36. The van der Waals surface area contributed by atoms with Gasteiger partial charge in [0.1, 0.15) is 23.2 Å². The number of nitrogens with one attached hydrogen (secondary N) is 1. The van der Waals surface area contributed by atoms with E-state index in [0.29, 0.717) is 34.2 Å². The van der Waals surface area contributed by atoms with Crippen molar-refractivity contribution in [1.29, 1.82) is 5.26 Å². The maximum absolute atomic E-state index is 11.5. The predicted octanol–water partition coefficient (Wildman–Crippen LogP) is 3.51. The molecule has 0 atom stereocenters. The van der Waals surface area contributed by atoms with Gasteiger partial charge < -0.3 is 14.5 Å². The normalized spacial score (nSPS) is 10.0. The fraction of sp³-hybridized carbons (Fsp3) is 0.200. The van der Waals surface area contributed by atoms with Crippen LogP contribution in [0.3, 0.4) is 0 Å². The van der Waals surface area contributed by atoms with Crippen molar-refractivity contribution in [2.24, 2.45) is 0 Å². The van der Waals surface area contributed by atoms with Gasteiger partial charge in [0, 0.05) is 5.69 Å². The van der Waals surface area contributed by atoms with Crippen molar-refractivity contribution >= 4 is 23.3 Å². The highest BCUT2D eigenvalue weighted by Gasteiger charge is 2.15. The van der Waals surface area contributed by atoms with Gasteiger partial charge in [0.05, 0.1) is 24.2 Å². The van der Waals surface area contributed by atoms with Crippen molar-refractivity contribution in [3.63, 3.8) is 0 Å². The van der Waals surface area contributed by atoms with Gasteiger partial charge >= 0.3 is 5.97 Å². The third-order valence-corrected chi connectivity index (χ3v) is 3.26. The molecular formula is C15H13ClN2O3. The Labute approximate surface area is 127 Å². The maximum atomic E-state index is 11.5. The molecule has 6 heteroatoms. The molecule has 0 saturated heterocycles. The van der Waals surface area contributed by atoms with Gasteiger partial charge in [0.2, 0.25) is 0 Å². The van der Waals surface area contributed by atoms with E-state index in [-0.39, 0.29) is 0 Å². The van der Waals surface area contributed by atoms with Gasteiger partial charge in [-0.25, -0.2) is 4.79 Å². The number of furan rings is 1. The highest BCUT2D eigenvalue weighted by atomic mass is 35.5. The van der Waals surface area contributed by atoms with Crippen molar-refractivity contribution in [3.05, 3.63) is 51.9 Å². The molecule has 1 N–H and O–H groups in total. The Bertz CT molecular complexity index is 716. The summed E-state index contributed by atoms with van der Waals surface area (Å²) in [6.07, 6.45) is 0. The number of hydrogen-bond donors (Lipinski definition) is 1. The van der Waals surface area contributed by atoms with Crippen molar-refractivity contribution < 1.29 is 13.9 Å². The standard InChI is InChI=1S/C15H13ClN2O3/c1-9-13(15(19)20-2)6-12(21-9)8-18-11-3-4-14(16)10(5-11)7-17/h3-6,18H,8H2,1-2H3. The Balaban J connectivity index is 2.10. The third-order valence-electron chi connectivity index (χ3n) is 2.93. The molecule has 1 aromatic carbocycles. The molecule has 0 radical (unpaired) electrons. The molecule has 0 fully saturated rings. The minimum atomic E-state index is -0.430. The van der Waals surface area contributed by atoms with Crippen molar-refractivity contribution in [2.75, 3.05) is 12.4 Å². The summed E-state index contributed by atoms with van der Waals surface area (Å²) in [5, 5.41) is 12.4. The fourth-order valence-corrected chi connectivity index (χ4v) is 2.01. The van der Waals surface area contributed by atoms with E-state index in [4.69, 9.17) is 21.3 Å². The average Bonchev–Trinajstić information content (AvgIpc) is 2.86. The minimum absolute atomic E-state index is 0.379. The van der Waals surface area contributed by atoms with E-state index in [1.54, 1.807) is 31.2 Å². The molecule has 2 aromatic rings. The molecule has 0 bridgehead atoms. The van der Waals surface area contributed by atoms with Crippen LogP contribution >= 0.6 is 11.6 Å². The van der Waals surface area contributed by atoms with Crippen LogP contribution in [-0.4, -0.2) is 13.1 Å². The number of ether oxygens (including phenoxy) is 1. The maximum Gasteiger partial charge on any atom is 0.341 e. The number of rotatable bonds is 4. The zero-order valence-electron chi connectivity index (χ0n) is 11.6. The van der Waals surface area contributed by atoms with Crippen molar-refractivity contribution in [3.8, 4) is 6.07 Å². The first-order valence-electron chi connectivity index (χ1n) is 6.16. The zero-order chi connectivity index (χ0) is 15.4. The van der Waals surface area contributed by atoms with Crippen LogP contribution in [0.15, 0.2) is 28.7 Å². The SMILES string of the molecule is COC(=O)c1cc(CNc2ccc(Cl)c(C#N)c2)oc1C. The summed E-state index contributed by atoms with van der Waals surface area (Å²) in [6.45, 7) is 2.08. The summed E-state index contributed by atoms with van der Waals surface area (Å²) in [7, 11) is 1.32. The van der Waals surface area contributed by atoms with Crippen molar-refractivity contribution in [2.45, 2.75) is 13.5 Å². The topological polar surface area (TPSA) is 75.3 Å². The molecular weight excluding hydrogens is 292 g/mol. The van der Waals surface area contributed by atoms with Crippen molar-refractivity contribution in [1.82, 2.24) is 0 Å². The number of halogens is 1. The zero-order valence-corrected chi connectivity index (χ0v) is 12.3. The molecule has 0 spiro atoms. The molecule has 2 rings (SSSR count). The Hall–Kier alpha value is -2.45. The lowest BCUT2D eigenvalue weighted by Gasteiger charge is -2.05. The van der Waals surface area contributed by atoms with E-state index in [9.17, 15) is 4.79 Å². The number of anilines is 1. The summed E-state index contributed by atoms with van der Waals surface area (Å²) >= 11 is 5.87. The molecule has 1 aromatic heterocycles. The molecule has 21 heavy (non-hydrogen) atoms. The number of carbonyl (C=O) groups excluding carboxylic acids is 1. The summed E-state index contributed by atoms with van der Waals surface area (Å²) in [6, 6.07) is 8.71. The van der Waals surface area contributed by atoms with Crippen LogP contribution in [-0.2, 0) is 11.3 Å².